The van der Waals surface area contributed by atoms with Gasteiger partial charge in [-0.25, -0.2) is 0 Å². The van der Waals surface area contributed by atoms with E-state index in [1.165, 1.54) is 18.2 Å². The molecule has 0 spiro atoms. The Balaban J connectivity index is 0.00000324. The molecule has 0 atom stereocenters. The third kappa shape index (κ3) is 7.12. The third-order valence-electron chi connectivity index (χ3n) is 1.70. The van der Waals surface area contributed by atoms with Crippen molar-refractivity contribution in [3.05, 3.63) is 28.2 Å². The minimum Gasteiger partial charge on any atom is -0.381 e. The van der Waals surface area contributed by atoms with Crippen LogP contribution in [-0.2, 0) is 10.1 Å². The highest BCUT2D eigenvalue weighted by Crippen LogP contribution is 2.28. The molecule has 5 nitrogen and oxygen atoms in total. The molecule has 1 rings (SSSR count). The van der Waals surface area contributed by atoms with Crippen LogP contribution in [0, 0.1) is 5.41 Å². The van der Waals surface area contributed by atoms with Crippen LogP contribution < -0.4 is 9.92 Å². The molecule has 0 radical (unpaired) electrons. The average molecular weight is 366 g/mol. The molecule has 0 heterocycles. The van der Waals surface area contributed by atoms with Crippen LogP contribution in [0.2, 0.25) is 10.0 Å². The molecule has 10 heteroatoms. The average Bonchev–Trinajstić information content (AvgIpc) is 2.21. The minimum absolute atomic E-state index is 0. The van der Waals surface area contributed by atoms with E-state index in [-0.39, 0.29) is 39.9 Å². The number of hydrogen-bond acceptors (Lipinski definition) is 5. The molecule has 0 unspecified atom stereocenters. The summed E-state index contributed by atoms with van der Waals surface area (Å²) >= 11 is 12.4. The lowest BCUT2D eigenvalue weighted by Gasteiger charge is -2.08. The van der Waals surface area contributed by atoms with Gasteiger partial charge in [0, 0.05) is 10.8 Å². The summed E-state index contributed by atoms with van der Waals surface area (Å²) in [6.45, 7) is 0. The summed E-state index contributed by atoms with van der Waals surface area (Å²) in [7, 11) is -3.77. The van der Waals surface area contributed by atoms with Crippen LogP contribution >= 0.6 is 47.4 Å². The Morgan fingerprint density at radius 2 is 2.05 bits per heavy atom. The van der Waals surface area contributed by atoms with Crippen molar-refractivity contribution in [2.75, 3.05) is 11.5 Å². The van der Waals surface area contributed by atoms with Crippen LogP contribution in [0.3, 0.4) is 0 Å². The van der Waals surface area contributed by atoms with Gasteiger partial charge in [-0.2, -0.15) is 8.42 Å². The number of hydrogen-bond donors (Lipinski definition) is 2. The quantitative estimate of drug-likeness (QED) is 0.475. The predicted molar refractivity (Wildman–Crippen MR) is 82.5 cm³/mol. The molecule has 0 saturated carbocycles. The normalized spacial score (nSPS) is 10.6. The Morgan fingerprint density at radius 1 is 1.42 bits per heavy atom. The van der Waals surface area contributed by atoms with Gasteiger partial charge in [-0.3, -0.25) is 5.41 Å². The number of rotatable bonds is 5. The van der Waals surface area contributed by atoms with Crippen molar-refractivity contribution >= 4 is 62.7 Å². The van der Waals surface area contributed by atoms with E-state index in [1.807, 2.05) is 0 Å². The van der Waals surface area contributed by atoms with E-state index in [0.717, 1.165) is 11.8 Å². The second-order valence-electron chi connectivity index (χ2n) is 3.13. The summed E-state index contributed by atoms with van der Waals surface area (Å²) in [4.78, 5) is 0. The summed E-state index contributed by atoms with van der Waals surface area (Å²) in [6, 6.07) is 4.24. The van der Waals surface area contributed by atoms with E-state index in [0.29, 0.717) is 5.02 Å². The molecule has 0 fully saturated rings. The van der Waals surface area contributed by atoms with Crippen molar-refractivity contribution in [1.29, 1.82) is 5.41 Å². The fourth-order valence-corrected chi connectivity index (χ4v) is 3.34. The van der Waals surface area contributed by atoms with E-state index < -0.39 is 10.1 Å². The van der Waals surface area contributed by atoms with Crippen molar-refractivity contribution in [2.45, 2.75) is 0 Å². The molecule has 0 aliphatic carbocycles. The first-order valence-electron chi connectivity index (χ1n) is 4.64. The largest absolute Gasteiger partial charge is 0.381 e. The van der Waals surface area contributed by atoms with Gasteiger partial charge in [0.25, 0.3) is 0 Å². The van der Waals surface area contributed by atoms with Crippen LogP contribution in [0.4, 0.5) is 0 Å². The standard InChI is InChI=1S/C9H10Cl2N2O3S2.ClH/c10-6-1-2-8(7(11)5-6)16-18(14,15)4-3-17-9(12)13;/h1-2,5H,3-4H2,(H3,12,13);1H. The van der Waals surface area contributed by atoms with Gasteiger partial charge in [-0.15, -0.1) is 12.4 Å². The highest BCUT2D eigenvalue weighted by molar-refractivity contribution is 8.14. The zero-order chi connectivity index (χ0) is 13.8. The molecular formula is C9H11Cl3N2O3S2. The van der Waals surface area contributed by atoms with Gasteiger partial charge in [0.15, 0.2) is 10.9 Å². The first-order chi connectivity index (χ1) is 8.30. The second kappa shape index (κ2) is 8.06. The number of nitrogens with one attached hydrogen (secondary N) is 1. The fraction of sp³-hybridized carbons (Fsp3) is 0.222. The lowest BCUT2D eigenvalue weighted by molar-refractivity contribution is 0.488. The van der Waals surface area contributed by atoms with Gasteiger partial charge in [0.1, 0.15) is 0 Å². The molecule has 1 aromatic carbocycles. The Morgan fingerprint density at radius 3 is 2.58 bits per heavy atom. The fourth-order valence-electron chi connectivity index (χ4n) is 0.975. The molecule has 0 aliphatic heterocycles. The molecule has 0 aliphatic rings. The topological polar surface area (TPSA) is 93.2 Å². The van der Waals surface area contributed by atoms with Gasteiger partial charge in [-0.1, -0.05) is 35.0 Å². The Bertz CT molecular complexity index is 552. The highest BCUT2D eigenvalue weighted by Gasteiger charge is 2.15. The molecule has 3 N–H and O–H groups in total. The van der Waals surface area contributed by atoms with E-state index in [2.05, 4.69) is 0 Å². The van der Waals surface area contributed by atoms with Gasteiger partial charge in [0.05, 0.1) is 10.8 Å². The molecule has 0 bridgehead atoms. The molecule has 0 saturated heterocycles. The predicted octanol–water partition coefficient (Wildman–Crippen LogP) is 2.75. The van der Waals surface area contributed by atoms with Gasteiger partial charge < -0.3 is 9.92 Å². The van der Waals surface area contributed by atoms with Crippen LogP contribution in [0.15, 0.2) is 18.2 Å². The lowest BCUT2D eigenvalue weighted by Crippen LogP contribution is -2.17. The highest BCUT2D eigenvalue weighted by atomic mass is 35.5. The Hall–Kier alpha value is -0.340. The van der Waals surface area contributed by atoms with Crippen molar-refractivity contribution in [2.24, 2.45) is 5.73 Å². The summed E-state index contributed by atoms with van der Waals surface area (Å²) in [6.07, 6.45) is 0. The number of amidine groups is 1. The maximum atomic E-state index is 11.6. The van der Waals surface area contributed by atoms with E-state index in [1.54, 1.807) is 0 Å². The van der Waals surface area contributed by atoms with Gasteiger partial charge in [-0.05, 0) is 18.2 Å². The maximum Gasteiger partial charge on any atom is 0.310 e. The summed E-state index contributed by atoms with van der Waals surface area (Å²) in [5, 5.41) is 7.31. The SMILES string of the molecule is Cl.N=C(N)SCCS(=O)(=O)Oc1ccc(Cl)cc1Cl. The molecule has 0 amide bonds. The summed E-state index contributed by atoms with van der Waals surface area (Å²) in [5.74, 6) is -0.104. The van der Waals surface area contributed by atoms with Crippen molar-refractivity contribution < 1.29 is 12.6 Å². The number of nitrogens with two attached hydrogens (primary N) is 1. The monoisotopic (exact) mass is 364 g/mol. The van der Waals surface area contributed by atoms with E-state index in [4.69, 9.17) is 38.5 Å². The van der Waals surface area contributed by atoms with Crippen LogP contribution in [0.1, 0.15) is 0 Å². The summed E-state index contributed by atoms with van der Waals surface area (Å²) < 4.78 is 28.0. The zero-order valence-electron chi connectivity index (χ0n) is 9.43. The van der Waals surface area contributed by atoms with Crippen LogP contribution in [0.25, 0.3) is 0 Å². The van der Waals surface area contributed by atoms with E-state index in [9.17, 15) is 8.42 Å². The second-order valence-corrected chi connectivity index (χ2v) is 6.80. The first-order valence-corrected chi connectivity index (χ1v) is 7.96. The molecular weight excluding hydrogens is 355 g/mol. The minimum atomic E-state index is -3.77. The number of benzene rings is 1. The maximum absolute atomic E-state index is 11.6. The molecule has 1 aromatic rings. The summed E-state index contributed by atoms with van der Waals surface area (Å²) in [5.41, 5.74) is 5.09. The number of halogens is 3. The zero-order valence-corrected chi connectivity index (χ0v) is 13.4. The Kier molecular flexibility index (Phi) is 7.92. The molecule has 108 valence electrons. The molecule has 19 heavy (non-hydrogen) atoms. The van der Waals surface area contributed by atoms with Crippen LogP contribution in [-0.4, -0.2) is 25.1 Å². The molecule has 0 aromatic heterocycles. The van der Waals surface area contributed by atoms with Gasteiger partial charge in [0.2, 0.25) is 0 Å². The van der Waals surface area contributed by atoms with E-state index >= 15 is 0 Å². The van der Waals surface area contributed by atoms with Gasteiger partial charge >= 0.3 is 10.1 Å². The van der Waals surface area contributed by atoms with Crippen molar-refractivity contribution in [3.8, 4) is 5.75 Å². The van der Waals surface area contributed by atoms with Crippen molar-refractivity contribution in [3.63, 3.8) is 0 Å². The van der Waals surface area contributed by atoms with Crippen LogP contribution in [0.5, 0.6) is 5.75 Å². The van der Waals surface area contributed by atoms with Crippen molar-refractivity contribution in [1.82, 2.24) is 0 Å². The Labute approximate surface area is 131 Å². The third-order valence-corrected chi connectivity index (χ3v) is 4.35. The smallest absolute Gasteiger partial charge is 0.310 e. The first kappa shape index (κ1) is 18.7. The number of thioether (sulfide) groups is 1. The lowest BCUT2D eigenvalue weighted by atomic mass is 10.3.